The molecule has 0 saturated heterocycles. The third-order valence-corrected chi connectivity index (χ3v) is 3.26. The van der Waals surface area contributed by atoms with Crippen LogP contribution in [-0.2, 0) is 0 Å². The monoisotopic (exact) mass is 241 g/mol. The lowest BCUT2D eigenvalue weighted by Crippen LogP contribution is -1.69. The zero-order chi connectivity index (χ0) is 12.1. The summed E-state index contributed by atoms with van der Waals surface area (Å²) < 4.78 is 0. The summed E-state index contributed by atoms with van der Waals surface area (Å²) in [6.07, 6.45) is 4.87. The first-order valence-electron chi connectivity index (χ1n) is 5.12. The number of hydrogen-bond acceptors (Lipinski definition) is 3. The number of carbonyl (C=O) groups excluding carboxylic acids is 1. The largest absolute Gasteiger partial charge is 0.297 e. The molecule has 2 nitrogen and oxygen atoms in total. The van der Waals surface area contributed by atoms with Crippen molar-refractivity contribution in [1.29, 1.82) is 0 Å². The molecule has 84 valence electrons. The predicted molar refractivity (Wildman–Crippen MR) is 74.3 cm³/mol. The number of benzene rings is 1. The number of nitrogens with zero attached hydrogens (tertiary/aromatic N) is 1. The maximum atomic E-state index is 10.5. The summed E-state index contributed by atoms with van der Waals surface area (Å²) in [4.78, 5) is 16.2. The van der Waals surface area contributed by atoms with Crippen LogP contribution in [0.15, 0.2) is 41.4 Å². The predicted octanol–water partition coefficient (Wildman–Crippen LogP) is 4.06. The van der Waals surface area contributed by atoms with Gasteiger partial charge in [-0.15, -0.1) is 11.3 Å². The molecule has 2 aromatic rings. The van der Waals surface area contributed by atoms with E-state index >= 15 is 0 Å². The summed E-state index contributed by atoms with van der Waals surface area (Å²) >= 11 is 1.48. The normalized spacial score (nSPS) is 10.6. The zero-order valence-electron chi connectivity index (χ0n) is 9.17. The van der Waals surface area contributed by atoms with Gasteiger partial charge in [-0.1, -0.05) is 18.2 Å². The highest BCUT2D eigenvalue weighted by Crippen LogP contribution is 2.18. The molecule has 0 saturated carbocycles. The highest BCUT2D eigenvalue weighted by Gasteiger charge is 1.95. The van der Waals surface area contributed by atoms with Crippen LogP contribution in [0.5, 0.6) is 0 Å². The molecule has 0 atom stereocenters. The molecule has 0 aliphatic heterocycles. The van der Waals surface area contributed by atoms with Crippen molar-refractivity contribution in [2.75, 3.05) is 0 Å². The topological polar surface area (TPSA) is 29.4 Å². The second kappa shape index (κ2) is 5.37. The molecule has 0 aliphatic rings. The van der Waals surface area contributed by atoms with Crippen LogP contribution < -0.4 is 0 Å². The average Bonchev–Trinajstić information content (AvgIpc) is 2.85. The molecule has 0 unspecified atom stereocenters. The second-order valence-corrected chi connectivity index (χ2v) is 4.59. The first-order chi connectivity index (χ1) is 8.31. The molecule has 0 N–H and O–H groups in total. The molecule has 17 heavy (non-hydrogen) atoms. The summed E-state index contributed by atoms with van der Waals surface area (Å²) in [7, 11) is 0. The van der Waals surface area contributed by atoms with Crippen molar-refractivity contribution >= 4 is 42.2 Å². The Morgan fingerprint density at radius 2 is 1.71 bits per heavy atom. The number of aliphatic imine (C=N–C) groups is 1. The van der Waals surface area contributed by atoms with E-state index in [9.17, 15) is 4.79 Å². The van der Waals surface area contributed by atoms with Crippen LogP contribution in [0.2, 0.25) is 0 Å². The molecule has 3 heteroatoms. The Bertz CT molecular complexity index is 552. The molecular weight excluding hydrogens is 230 g/mol. The third-order valence-electron chi connectivity index (χ3n) is 2.28. The minimum absolute atomic E-state index is 0.746. The van der Waals surface area contributed by atoms with Gasteiger partial charge in [0.15, 0.2) is 6.29 Å². The van der Waals surface area contributed by atoms with E-state index in [1.54, 1.807) is 0 Å². The van der Waals surface area contributed by atoms with Crippen molar-refractivity contribution in [3.05, 3.63) is 51.7 Å². The van der Waals surface area contributed by atoms with E-state index in [1.165, 1.54) is 11.3 Å². The number of rotatable bonds is 4. The SMILES string of the molecule is C=Nc1ccc(/C=C/c2ccc(C=O)s2)cc1. The van der Waals surface area contributed by atoms with Crippen molar-refractivity contribution in [2.24, 2.45) is 4.99 Å². The molecule has 2 rings (SSSR count). The van der Waals surface area contributed by atoms with Crippen molar-refractivity contribution in [1.82, 2.24) is 0 Å². The van der Waals surface area contributed by atoms with Crippen LogP contribution >= 0.6 is 11.3 Å². The quantitative estimate of drug-likeness (QED) is 0.586. The highest BCUT2D eigenvalue weighted by atomic mass is 32.1. The molecule has 0 radical (unpaired) electrons. The van der Waals surface area contributed by atoms with Gasteiger partial charge in [0.05, 0.1) is 10.6 Å². The van der Waals surface area contributed by atoms with Gasteiger partial charge in [0.25, 0.3) is 0 Å². The van der Waals surface area contributed by atoms with Gasteiger partial charge in [0.2, 0.25) is 0 Å². The molecule has 0 spiro atoms. The van der Waals surface area contributed by atoms with Gasteiger partial charge in [-0.2, -0.15) is 0 Å². The third kappa shape index (κ3) is 2.98. The van der Waals surface area contributed by atoms with Gasteiger partial charge < -0.3 is 0 Å². The Balaban J connectivity index is 2.13. The number of hydrogen-bond donors (Lipinski definition) is 0. The van der Waals surface area contributed by atoms with Crippen LogP contribution in [0.25, 0.3) is 12.2 Å². The Labute approximate surface area is 104 Å². The fourth-order valence-corrected chi connectivity index (χ4v) is 2.12. The molecular formula is C14H11NOS. The Morgan fingerprint density at radius 1 is 1.00 bits per heavy atom. The maximum Gasteiger partial charge on any atom is 0.160 e. The number of aldehydes is 1. The molecule has 1 aromatic heterocycles. The lowest BCUT2D eigenvalue weighted by atomic mass is 10.2. The first-order valence-corrected chi connectivity index (χ1v) is 5.93. The van der Waals surface area contributed by atoms with Gasteiger partial charge >= 0.3 is 0 Å². The Hall–Kier alpha value is -2.00. The fraction of sp³-hybridized carbons (Fsp3) is 0. The maximum absolute atomic E-state index is 10.5. The zero-order valence-corrected chi connectivity index (χ0v) is 9.98. The summed E-state index contributed by atoms with van der Waals surface area (Å²) in [5.74, 6) is 0. The van der Waals surface area contributed by atoms with Crippen molar-refractivity contribution < 1.29 is 4.79 Å². The highest BCUT2D eigenvalue weighted by molar-refractivity contribution is 7.14. The smallest absolute Gasteiger partial charge is 0.160 e. The van der Waals surface area contributed by atoms with Crippen LogP contribution in [-0.4, -0.2) is 13.0 Å². The Kier molecular flexibility index (Phi) is 3.62. The van der Waals surface area contributed by atoms with E-state index in [0.717, 1.165) is 27.3 Å². The van der Waals surface area contributed by atoms with Crippen molar-refractivity contribution in [3.63, 3.8) is 0 Å². The lowest BCUT2D eigenvalue weighted by molar-refractivity contribution is 0.112. The van der Waals surface area contributed by atoms with Crippen LogP contribution in [0.4, 0.5) is 5.69 Å². The van der Waals surface area contributed by atoms with Crippen LogP contribution in [0.3, 0.4) is 0 Å². The van der Waals surface area contributed by atoms with E-state index < -0.39 is 0 Å². The van der Waals surface area contributed by atoms with E-state index in [2.05, 4.69) is 11.7 Å². The van der Waals surface area contributed by atoms with Gasteiger partial charge in [0, 0.05) is 4.88 Å². The fourth-order valence-electron chi connectivity index (χ4n) is 1.39. The van der Waals surface area contributed by atoms with Gasteiger partial charge in [0.1, 0.15) is 0 Å². The minimum Gasteiger partial charge on any atom is -0.297 e. The summed E-state index contributed by atoms with van der Waals surface area (Å²) in [6.45, 7) is 3.47. The molecule has 1 aromatic carbocycles. The summed E-state index contributed by atoms with van der Waals surface area (Å²) in [5, 5.41) is 0. The first kappa shape index (κ1) is 11.5. The van der Waals surface area contributed by atoms with Crippen molar-refractivity contribution in [3.8, 4) is 0 Å². The molecule has 0 bridgehead atoms. The van der Waals surface area contributed by atoms with Gasteiger partial charge in [-0.05, 0) is 42.6 Å². The average molecular weight is 241 g/mol. The standard InChI is InChI=1S/C14H11NOS/c1-15-12-5-2-11(3-6-12)4-7-13-8-9-14(10-16)17-13/h2-10H,1H2/b7-4+. The van der Waals surface area contributed by atoms with Gasteiger partial charge in [-0.25, -0.2) is 0 Å². The van der Waals surface area contributed by atoms with E-state index in [-0.39, 0.29) is 0 Å². The van der Waals surface area contributed by atoms with Crippen LogP contribution in [0, 0.1) is 0 Å². The van der Waals surface area contributed by atoms with Gasteiger partial charge in [-0.3, -0.25) is 9.79 Å². The number of carbonyl (C=O) groups is 1. The summed E-state index contributed by atoms with van der Waals surface area (Å²) in [5.41, 5.74) is 1.96. The molecule has 0 aliphatic carbocycles. The number of thiophene rings is 1. The molecule has 0 fully saturated rings. The van der Waals surface area contributed by atoms with Crippen LogP contribution in [0.1, 0.15) is 20.1 Å². The lowest BCUT2D eigenvalue weighted by Gasteiger charge is -1.94. The summed E-state index contributed by atoms with van der Waals surface area (Å²) in [6, 6.07) is 11.5. The second-order valence-electron chi connectivity index (χ2n) is 3.44. The minimum atomic E-state index is 0.746. The Morgan fingerprint density at radius 3 is 2.29 bits per heavy atom. The van der Waals surface area contributed by atoms with E-state index in [4.69, 9.17) is 0 Å². The van der Waals surface area contributed by atoms with Crippen molar-refractivity contribution in [2.45, 2.75) is 0 Å². The van der Waals surface area contributed by atoms with E-state index in [1.807, 2.05) is 48.6 Å². The molecule has 0 amide bonds. The molecule has 1 heterocycles. The van der Waals surface area contributed by atoms with E-state index in [0.29, 0.717) is 0 Å².